The number of nitrogens with zero attached hydrogens (tertiary/aromatic N) is 2. The van der Waals surface area contributed by atoms with Crippen LogP contribution in [0.15, 0.2) is 18.2 Å². The monoisotopic (exact) mass is 293 g/mol. The Balaban J connectivity index is 2.02. The molecular weight excluding hydrogens is 270 g/mol. The van der Waals surface area contributed by atoms with Crippen molar-refractivity contribution in [2.45, 2.75) is 19.4 Å². The molecule has 1 aromatic carbocycles. The van der Waals surface area contributed by atoms with Crippen molar-refractivity contribution < 1.29 is 9.66 Å². The lowest BCUT2D eigenvalue weighted by Crippen LogP contribution is -2.35. The van der Waals surface area contributed by atoms with Crippen LogP contribution in [-0.2, 0) is 11.3 Å². The number of anilines is 1. The smallest absolute Gasteiger partial charge is 0.269 e. The molecule has 2 rings (SSSR count). The number of nitro benzene ring substituents is 1. The highest BCUT2D eigenvalue weighted by Gasteiger charge is 2.17. The van der Waals surface area contributed by atoms with Gasteiger partial charge in [-0.3, -0.25) is 10.1 Å². The van der Waals surface area contributed by atoms with E-state index in [0.717, 1.165) is 24.3 Å². The number of hydrogen-bond acceptors (Lipinski definition) is 5. The van der Waals surface area contributed by atoms with E-state index in [9.17, 15) is 10.1 Å². The van der Waals surface area contributed by atoms with Gasteiger partial charge in [0.25, 0.3) is 5.69 Å². The molecule has 0 radical (unpaired) electrons. The van der Waals surface area contributed by atoms with E-state index in [0.29, 0.717) is 12.5 Å². The third-order valence-electron chi connectivity index (χ3n) is 3.90. The standard InChI is InChI=1S/C15H23N3O3/c1-17-7-3-4-12(10-17)9-16-15-6-5-14(18(19)20)8-13(15)11-21-2/h5-6,8,12,16H,3-4,7,9-11H2,1-2H3. The Morgan fingerprint density at radius 3 is 3.00 bits per heavy atom. The molecule has 0 spiro atoms. The van der Waals surface area contributed by atoms with E-state index in [1.54, 1.807) is 19.2 Å². The van der Waals surface area contributed by atoms with E-state index in [-0.39, 0.29) is 10.6 Å². The van der Waals surface area contributed by atoms with Crippen LogP contribution in [0.1, 0.15) is 18.4 Å². The van der Waals surface area contributed by atoms with Gasteiger partial charge in [0.1, 0.15) is 0 Å². The van der Waals surface area contributed by atoms with E-state index in [2.05, 4.69) is 17.3 Å². The highest BCUT2D eigenvalue weighted by atomic mass is 16.6. The molecule has 1 N–H and O–H groups in total. The van der Waals surface area contributed by atoms with Crippen LogP contribution in [0.25, 0.3) is 0 Å². The van der Waals surface area contributed by atoms with Crippen molar-refractivity contribution in [3.8, 4) is 0 Å². The van der Waals surface area contributed by atoms with E-state index in [1.807, 2.05) is 0 Å². The van der Waals surface area contributed by atoms with Gasteiger partial charge in [0.2, 0.25) is 0 Å². The molecule has 0 bridgehead atoms. The third-order valence-corrected chi connectivity index (χ3v) is 3.90. The summed E-state index contributed by atoms with van der Waals surface area (Å²) in [5.74, 6) is 0.620. The van der Waals surface area contributed by atoms with Crippen molar-refractivity contribution in [2.24, 2.45) is 5.92 Å². The fourth-order valence-corrected chi connectivity index (χ4v) is 2.84. The van der Waals surface area contributed by atoms with Crippen LogP contribution in [-0.4, -0.2) is 43.6 Å². The molecule has 0 saturated carbocycles. The summed E-state index contributed by atoms with van der Waals surface area (Å²) in [5, 5.41) is 14.3. The number of benzene rings is 1. The Labute approximate surface area is 125 Å². The zero-order valence-electron chi connectivity index (χ0n) is 12.7. The van der Waals surface area contributed by atoms with Gasteiger partial charge in [-0.2, -0.15) is 0 Å². The molecule has 6 heteroatoms. The number of methoxy groups -OCH3 is 1. The maximum absolute atomic E-state index is 10.8. The van der Waals surface area contributed by atoms with Gasteiger partial charge in [-0.15, -0.1) is 0 Å². The van der Waals surface area contributed by atoms with Crippen molar-refractivity contribution >= 4 is 11.4 Å². The van der Waals surface area contributed by atoms with Gasteiger partial charge in [-0.1, -0.05) is 0 Å². The molecule has 116 valence electrons. The molecule has 1 heterocycles. The highest BCUT2D eigenvalue weighted by Crippen LogP contribution is 2.24. The predicted molar refractivity (Wildman–Crippen MR) is 82.5 cm³/mol. The van der Waals surface area contributed by atoms with Crippen LogP contribution in [0.5, 0.6) is 0 Å². The molecule has 6 nitrogen and oxygen atoms in total. The van der Waals surface area contributed by atoms with Gasteiger partial charge in [-0.25, -0.2) is 0 Å². The fourth-order valence-electron chi connectivity index (χ4n) is 2.84. The first-order chi connectivity index (χ1) is 10.1. The average Bonchev–Trinajstić information content (AvgIpc) is 2.46. The summed E-state index contributed by atoms with van der Waals surface area (Å²) in [6.45, 7) is 3.52. The number of nitro groups is 1. The summed E-state index contributed by atoms with van der Waals surface area (Å²) >= 11 is 0. The van der Waals surface area contributed by atoms with Crippen molar-refractivity contribution in [2.75, 3.05) is 39.1 Å². The van der Waals surface area contributed by atoms with Crippen molar-refractivity contribution in [1.82, 2.24) is 4.90 Å². The van der Waals surface area contributed by atoms with Crippen molar-refractivity contribution in [3.05, 3.63) is 33.9 Å². The van der Waals surface area contributed by atoms with E-state index < -0.39 is 0 Å². The van der Waals surface area contributed by atoms with Gasteiger partial charge in [0, 0.05) is 43.6 Å². The van der Waals surface area contributed by atoms with Gasteiger partial charge >= 0.3 is 0 Å². The Morgan fingerprint density at radius 2 is 2.33 bits per heavy atom. The lowest BCUT2D eigenvalue weighted by molar-refractivity contribution is -0.384. The van der Waals surface area contributed by atoms with E-state index in [4.69, 9.17) is 4.74 Å². The number of ether oxygens (including phenoxy) is 1. The van der Waals surface area contributed by atoms with Gasteiger partial charge < -0.3 is 15.0 Å². The molecule has 1 aromatic rings. The first kappa shape index (κ1) is 15.7. The van der Waals surface area contributed by atoms with Crippen molar-refractivity contribution in [3.63, 3.8) is 0 Å². The summed E-state index contributed by atoms with van der Waals surface area (Å²) in [6, 6.07) is 4.90. The van der Waals surface area contributed by atoms with Gasteiger partial charge in [0.05, 0.1) is 11.5 Å². The minimum absolute atomic E-state index is 0.102. The minimum Gasteiger partial charge on any atom is -0.384 e. The van der Waals surface area contributed by atoms with E-state index in [1.165, 1.54) is 25.5 Å². The molecule has 1 saturated heterocycles. The predicted octanol–water partition coefficient (Wildman–Crippen LogP) is 2.49. The summed E-state index contributed by atoms with van der Waals surface area (Å²) in [5.41, 5.74) is 1.86. The van der Waals surface area contributed by atoms with Gasteiger partial charge in [-0.05, 0) is 38.4 Å². The van der Waals surface area contributed by atoms with Crippen LogP contribution in [0, 0.1) is 16.0 Å². The van der Waals surface area contributed by atoms with Gasteiger partial charge in [0.15, 0.2) is 0 Å². The lowest BCUT2D eigenvalue weighted by Gasteiger charge is -2.30. The molecule has 0 amide bonds. The number of nitrogens with one attached hydrogen (secondary N) is 1. The summed E-state index contributed by atoms with van der Waals surface area (Å²) in [7, 11) is 3.74. The Hall–Kier alpha value is -1.66. The van der Waals surface area contributed by atoms with Crippen LogP contribution < -0.4 is 5.32 Å². The number of hydrogen-bond donors (Lipinski definition) is 1. The molecule has 1 unspecified atom stereocenters. The zero-order valence-corrected chi connectivity index (χ0v) is 12.7. The molecule has 1 aliphatic heterocycles. The normalized spacial score (nSPS) is 19.4. The number of piperidine rings is 1. The molecule has 1 atom stereocenters. The summed E-state index contributed by atoms with van der Waals surface area (Å²) in [4.78, 5) is 12.8. The Kier molecular flexibility index (Phi) is 5.52. The summed E-state index contributed by atoms with van der Waals surface area (Å²) < 4.78 is 5.14. The second kappa shape index (κ2) is 7.38. The molecule has 21 heavy (non-hydrogen) atoms. The average molecular weight is 293 g/mol. The number of non-ortho nitro benzene ring substituents is 1. The van der Waals surface area contributed by atoms with E-state index >= 15 is 0 Å². The molecule has 0 aliphatic carbocycles. The second-order valence-electron chi connectivity index (χ2n) is 5.68. The molecule has 1 fully saturated rings. The number of rotatable bonds is 6. The minimum atomic E-state index is -0.376. The largest absolute Gasteiger partial charge is 0.384 e. The van der Waals surface area contributed by atoms with Crippen LogP contribution in [0.3, 0.4) is 0 Å². The fraction of sp³-hybridized carbons (Fsp3) is 0.600. The first-order valence-electron chi connectivity index (χ1n) is 7.29. The zero-order chi connectivity index (χ0) is 15.2. The first-order valence-corrected chi connectivity index (χ1v) is 7.29. The Bertz CT molecular complexity index is 493. The molecule has 0 aromatic heterocycles. The molecule has 1 aliphatic rings. The Morgan fingerprint density at radius 1 is 1.52 bits per heavy atom. The molecular formula is C15H23N3O3. The third kappa shape index (κ3) is 4.41. The van der Waals surface area contributed by atoms with Crippen LogP contribution in [0.2, 0.25) is 0 Å². The second-order valence-corrected chi connectivity index (χ2v) is 5.68. The highest BCUT2D eigenvalue weighted by molar-refractivity contribution is 5.55. The maximum atomic E-state index is 10.8. The number of likely N-dealkylation sites (tertiary alicyclic amines) is 1. The SMILES string of the molecule is COCc1cc([N+](=O)[O-])ccc1NCC1CCCN(C)C1. The van der Waals surface area contributed by atoms with Crippen molar-refractivity contribution in [1.29, 1.82) is 0 Å². The summed E-state index contributed by atoms with van der Waals surface area (Å²) in [6.07, 6.45) is 2.46. The van der Waals surface area contributed by atoms with Crippen LogP contribution >= 0.6 is 0 Å². The maximum Gasteiger partial charge on any atom is 0.269 e. The topological polar surface area (TPSA) is 67.6 Å². The quantitative estimate of drug-likeness (QED) is 0.644. The lowest BCUT2D eigenvalue weighted by atomic mass is 9.98. The van der Waals surface area contributed by atoms with Crippen LogP contribution in [0.4, 0.5) is 11.4 Å².